The first-order chi connectivity index (χ1) is 5.93. The van der Waals surface area contributed by atoms with Crippen molar-refractivity contribution in [1.82, 2.24) is 10.2 Å². The van der Waals surface area contributed by atoms with Gasteiger partial charge in [-0.05, 0) is 0 Å². The van der Waals surface area contributed by atoms with Gasteiger partial charge in [-0.15, -0.1) is 6.58 Å². The van der Waals surface area contributed by atoms with Gasteiger partial charge in [-0.2, -0.15) is 11.8 Å². The summed E-state index contributed by atoms with van der Waals surface area (Å²) < 4.78 is 0. The Kier molecular flexibility index (Phi) is 5.48. The van der Waals surface area contributed by atoms with Gasteiger partial charge in [-0.25, -0.2) is 0 Å². The molecular weight excluding hydrogens is 168 g/mol. The lowest BCUT2D eigenvalue weighted by Gasteiger charge is -2.26. The Morgan fingerprint density at radius 2 is 2.17 bits per heavy atom. The van der Waals surface area contributed by atoms with Crippen molar-refractivity contribution in [2.24, 2.45) is 0 Å². The monoisotopic (exact) mass is 186 g/mol. The van der Waals surface area contributed by atoms with Gasteiger partial charge in [0.2, 0.25) is 0 Å². The lowest BCUT2D eigenvalue weighted by molar-refractivity contribution is 0.255. The zero-order chi connectivity index (χ0) is 8.65. The minimum Gasteiger partial charge on any atom is -0.314 e. The number of hydrogen-bond acceptors (Lipinski definition) is 3. The fraction of sp³-hybridized carbons (Fsp3) is 0.778. The fourth-order valence-electron chi connectivity index (χ4n) is 1.30. The largest absolute Gasteiger partial charge is 0.314 e. The normalized spacial score (nSPS) is 19.3. The Labute approximate surface area is 79.4 Å². The molecule has 1 N–H and O–H groups in total. The van der Waals surface area contributed by atoms with Gasteiger partial charge in [0.15, 0.2) is 0 Å². The van der Waals surface area contributed by atoms with Gasteiger partial charge in [0, 0.05) is 44.2 Å². The second-order valence-corrected chi connectivity index (χ2v) is 4.11. The first-order valence-corrected chi connectivity index (χ1v) is 5.70. The van der Waals surface area contributed by atoms with Crippen LogP contribution in [0.2, 0.25) is 0 Å². The van der Waals surface area contributed by atoms with E-state index in [1.807, 2.05) is 17.8 Å². The van der Waals surface area contributed by atoms with Crippen LogP contribution in [0, 0.1) is 0 Å². The molecule has 0 aliphatic carbocycles. The molecule has 0 saturated carbocycles. The van der Waals surface area contributed by atoms with E-state index in [0.29, 0.717) is 0 Å². The molecule has 1 rings (SSSR count). The summed E-state index contributed by atoms with van der Waals surface area (Å²) in [5.41, 5.74) is 0. The van der Waals surface area contributed by atoms with Crippen molar-refractivity contribution in [3.8, 4) is 0 Å². The van der Waals surface area contributed by atoms with Crippen LogP contribution in [0.1, 0.15) is 0 Å². The van der Waals surface area contributed by atoms with Crippen LogP contribution >= 0.6 is 11.8 Å². The summed E-state index contributed by atoms with van der Waals surface area (Å²) in [5.74, 6) is 2.33. The average molecular weight is 186 g/mol. The minimum absolute atomic E-state index is 1.09. The molecule has 1 aliphatic heterocycles. The molecule has 0 amide bonds. The van der Waals surface area contributed by atoms with Crippen molar-refractivity contribution >= 4 is 11.8 Å². The molecule has 1 saturated heterocycles. The number of rotatable bonds is 5. The molecule has 0 unspecified atom stereocenters. The Morgan fingerprint density at radius 1 is 1.42 bits per heavy atom. The van der Waals surface area contributed by atoms with E-state index in [1.165, 1.54) is 25.4 Å². The van der Waals surface area contributed by atoms with Crippen LogP contribution in [0.3, 0.4) is 0 Å². The highest BCUT2D eigenvalue weighted by atomic mass is 32.2. The minimum atomic E-state index is 1.09. The molecule has 0 bridgehead atoms. The summed E-state index contributed by atoms with van der Waals surface area (Å²) in [7, 11) is 0. The van der Waals surface area contributed by atoms with E-state index in [1.54, 1.807) is 0 Å². The van der Waals surface area contributed by atoms with Gasteiger partial charge in [0.25, 0.3) is 0 Å². The summed E-state index contributed by atoms with van der Waals surface area (Å²) in [6.07, 6.45) is 1.97. The van der Waals surface area contributed by atoms with Crippen LogP contribution < -0.4 is 5.32 Å². The summed E-state index contributed by atoms with van der Waals surface area (Å²) in [5, 5.41) is 3.35. The van der Waals surface area contributed by atoms with E-state index >= 15 is 0 Å². The maximum absolute atomic E-state index is 3.70. The molecule has 1 aliphatic rings. The Balaban J connectivity index is 1.94. The van der Waals surface area contributed by atoms with Crippen LogP contribution in [-0.4, -0.2) is 49.1 Å². The van der Waals surface area contributed by atoms with Crippen LogP contribution in [0.25, 0.3) is 0 Å². The zero-order valence-electron chi connectivity index (χ0n) is 7.59. The molecule has 0 aromatic heterocycles. The van der Waals surface area contributed by atoms with Crippen molar-refractivity contribution in [3.05, 3.63) is 12.7 Å². The number of nitrogens with zero attached hydrogens (tertiary/aromatic N) is 1. The van der Waals surface area contributed by atoms with Gasteiger partial charge < -0.3 is 5.32 Å². The highest BCUT2D eigenvalue weighted by molar-refractivity contribution is 7.99. The van der Waals surface area contributed by atoms with Crippen molar-refractivity contribution in [2.75, 3.05) is 44.2 Å². The zero-order valence-corrected chi connectivity index (χ0v) is 8.41. The first kappa shape index (κ1) is 10.1. The lowest BCUT2D eigenvalue weighted by Crippen LogP contribution is -2.44. The van der Waals surface area contributed by atoms with E-state index < -0.39 is 0 Å². The summed E-state index contributed by atoms with van der Waals surface area (Å²) in [4.78, 5) is 2.52. The molecule has 0 spiro atoms. The average Bonchev–Trinajstić information content (AvgIpc) is 2.14. The second kappa shape index (κ2) is 6.52. The van der Waals surface area contributed by atoms with Gasteiger partial charge in [0.1, 0.15) is 0 Å². The predicted molar refractivity (Wildman–Crippen MR) is 56.8 cm³/mol. The third-order valence-corrected chi connectivity index (χ3v) is 2.94. The standard InChI is InChI=1S/C9H18N2S/c1-2-8-12-9-7-11-5-3-10-4-6-11/h2,10H,1,3-9H2. The van der Waals surface area contributed by atoms with Crippen LogP contribution in [-0.2, 0) is 0 Å². The fourth-order valence-corrected chi connectivity index (χ4v) is 2.02. The number of hydrogen-bond donors (Lipinski definition) is 1. The smallest absolute Gasteiger partial charge is 0.0111 e. The van der Waals surface area contributed by atoms with Crippen molar-refractivity contribution < 1.29 is 0 Å². The highest BCUT2D eigenvalue weighted by Crippen LogP contribution is 2.01. The second-order valence-electron chi connectivity index (χ2n) is 2.96. The van der Waals surface area contributed by atoms with E-state index in [9.17, 15) is 0 Å². The molecular formula is C9H18N2S. The third kappa shape index (κ3) is 4.14. The molecule has 12 heavy (non-hydrogen) atoms. The topological polar surface area (TPSA) is 15.3 Å². The molecule has 0 aromatic rings. The maximum Gasteiger partial charge on any atom is 0.0111 e. The first-order valence-electron chi connectivity index (χ1n) is 4.55. The number of thioether (sulfide) groups is 1. The van der Waals surface area contributed by atoms with E-state index in [-0.39, 0.29) is 0 Å². The van der Waals surface area contributed by atoms with Gasteiger partial charge in [0.05, 0.1) is 0 Å². The van der Waals surface area contributed by atoms with E-state index in [2.05, 4.69) is 16.8 Å². The molecule has 70 valence electrons. The van der Waals surface area contributed by atoms with Crippen molar-refractivity contribution in [1.29, 1.82) is 0 Å². The summed E-state index contributed by atoms with van der Waals surface area (Å²) in [6.45, 7) is 9.69. The number of piperazine rings is 1. The van der Waals surface area contributed by atoms with Crippen LogP contribution in [0.15, 0.2) is 12.7 Å². The third-order valence-electron chi connectivity index (χ3n) is 2.00. The molecule has 3 heteroatoms. The quantitative estimate of drug-likeness (QED) is 0.505. The number of nitrogens with one attached hydrogen (secondary N) is 1. The highest BCUT2D eigenvalue weighted by Gasteiger charge is 2.07. The Hall–Kier alpha value is 0.01000. The van der Waals surface area contributed by atoms with E-state index in [0.717, 1.165) is 18.8 Å². The van der Waals surface area contributed by atoms with Gasteiger partial charge >= 0.3 is 0 Å². The Morgan fingerprint density at radius 3 is 2.83 bits per heavy atom. The summed E-state index contributed by atoms with van der Waals surface area (Å²) >= 11 is 1.97. The van der Waals surface area contributed by atoms with Crippen LogP contribution in [0.5, 0.6) is 0 Å². The summed E-state index contributed by atoms with van der Waals surface area (Å²) in [6, 6.07) is 0. The molecule has 0 radical (unpaired) electrons. The van der Waals surface area contributed by atoms with Crippen molar-refractivity contribution in [3.63, 3.8) is 0 Å². The van der Waals surface area contributed by atoms with Crippen LogP contribution in [0.4, 0.5) is 0 Å². The van der Waals surface area contributed by atoms with Gasteiger partial charge in [-0.1, -0.05) is 6.08 Å². The predicted octanol–water partition coefficient (Wildman–Crippen LogP) is 0.811. The molecule has 0 aromatic carbocycles. The molecule has 1 heterocycles. The van der Waals surface area contributed by atoms with Crippen molar-refractivity contribution in [2.45, 2.75) is 0 Å². The lowest BCUT2D eigenvalue weighted by atomic mass is 10.4. The molecule has 1 fully saturated rings. The maximum atomic E-state index is 3.70. The molecule has 2 nitrogen and oxygen atoms in total. The Bertz CT molecular complexity index is 122. The van der Waals surface area contributed by atoms with Gasteiger partial charge in [-0.3, -0.25) is 4.90 Å². The SMILES string of the molecule is C=CCSCCN1CCNCC1. The molecule has 0 atom stereocenters. The van der Waals surface area contributed by atoms with E-state index in [4.69, 9.17) is 0 Å².